The predicted molar refractivity (Wildman–Crippen MR) is 89.1 cm³/mol. The first-order valence-electron chi connectivity index (χ1n) is 7.15. The van der Waals surface area contributed by atoms with Crippen molar-refractivity contribution < 1.29 is 9.53 Å². The largest absolute Gasteiger partial charge is 0.380 e. The van der Waals surface area contributed by atoms with E-state index < -0.39 is 0 Å². The molecule has 3 heteroatoms. The maximum Gasteiger partial charge on any atom is 0.255 e. The highest BCUT2D eigenvalue weighted by Crippen LogP contribution is 2.23. The lowest BCUT2D eigenvalue weighted by Gasteiger charge is -2.09. The number of carbonyl (C=O) groups excluding carboxylic acids is 1. The highest BCUT2D eigenvalue weighted by molar-refractivity contribution is 6.09. The van der Waals surface area contributed by atoms with Crippen molar-refractivity contribution in [2.75, 3.05) is 12.4 Å². The number of carbonyl (C=O) groups is 1. The third kappa shape index (κ3) is 3.00. The molecular weight excluding hydrogens is 274 g/mol. The topological polar surface area (TPSA) is 38.3 Å². The molecule has 0 aromatic heterocycles. The Morgan fingerprint density at radius 1 is 0.955 bits per heavy atom. The second-order valence-electron chi connectivity index (χ2n) is 5.11. The molecule has 0 aliphatic heterocycles. The summed E-state index contributed by atoms with van der Waals surface area (Å²) in [6.45, 7) is 0.547. The van der Waals surface area contributed by atoms with Crippen molar-refractivity contribution in [3.05, 3.63) is 77.9 Å². The van der Waals surface area contributed by atoms with Gasteiger partial charge in [0.05, 0.1) is 6.61 Å². The molecule has 3 rings (SSSR count). The molecule has 0 saturated heterocycles. The van der Waals surface area contributed by atoms with Crippen LogP contribution in [-0.4, -0.2) is 13.0 Å². The van der Waals surface area contributed by atoms with E-state index in [2.05, 4.69) is 5.32 Å². The van der Waals surface area contributed by atoms with Gasteiger partial charge >= 0.3 is 0 Å². The van der Waals surface area contributed by atoms with Crippen LogP contribution in [0.15, 0.2) is 66.7 Å². The summed E-state index contributed by atoms with van der Waals surface area (Å²) in [6.07, 6.45) is 0. The van der Waals surface area contributed by atoms with Crippen molar-refractivity contribution >= 4 is 22.4 Å². The van der Waals surface area contributed by atoms with Gasteiger partial charge in [-0.2, -0.15) is 0 Å². The summed E-state index contributed by atoms with van der Waals surface area (Å²) < 4.78 is 5.07. The fourth-order valence-corrected chi connectivity index (χ4v) is 2.45. The number of amides is 1. The van der Waals surface area contributed by atoms with Gasteiger partial charge in [0.1, 0.15) is 0 Å². The van der Waals surface area contributed by atoms with Crippen LogP contribution in [0, 0.1) is 0 Å². The normalized spacial score (nSPS) is 10.6. The molecule has 1 N–H and O–H groups in total. The third-order valence-corrected chi connectivity index (χ3v) is 3.56. The Hall–Kier alpha value is -2.65. The molecule has 0 aliphatic rings. The van der Waals surface area contributed by atoms with E-state index >= 15 is 0 Å². The van der Waals surface area contributed by atoms with E-state index in [9.17, 15) is 4.79 Å². The second kappa shape index (κ2) is 6.41. The Kier molecular flexibility index (Phi) is 4.17. The molecule has 0 spiro atoms. The highest BCUT2D eigenvalue weighted by Gasteiger charge is 2.08. The number of hydrogen-bond acceptors (Lipinski definition) is 2. The zero-order chi connectivity index (χ0) is 15.4. The van der Waals surface area contributed by atoms with Crippen LogP contribution in [0.25, 0.3) is 10.8 Å². The lowest BCUT2D eigenvalue weighted by Crippen LogP contribution is -2.12. The van der Waals surface area contributed by atoms with E-state index in [4.69, 9.17) is 4.74 Å². The molecule has 0 fully saturated rings. The molecule has 0 radical (unpaired) electrons. The lowest BCUT2D eigenvalue weighted by molar-refractivity contribution is 0.102. The minimum Gasteiger partial charge on any atom is -0.380 e. The Bertz CT molecular complexity index is 789. The molecule has 3 aromatic carbocycles. The number of nitrogens with one attached hydrogen (secondary N) is 1. The first-order valence-corrected chi connectivity index (χ1v) is 7.15. The van der Waals surface area contributed by atoms with Crippen molar-refractivity contribution in [2.24, 2.45) is 0 Å². The average Bonchev–Trinajstić information content (AvgIpc) is 2.56. The summed E-state index contributed by atoms with van der Waals surface area (Å²) in [6, 6.07) is 21.3. The van der Waals surface area contributed by atoms with E-state index in [0.717, 1.165) is 22.0 Å². The van der Waals surface area contributed by atoms with E-state index in [1.54, 1.807) is 7.11 Å². The Labute approximate surface area is 129 Å². The van der Waals surface area contributed by atoms with Crippen molar-refractivity contribution in [1.82, 2.24) is 0 Å². The van der Waals surface area contributed by atoms with Crippen LogP contribution in [0.2, 0.25) is 0 Å². The summed E-state index contributed by atoms with van der Waals surface area (Å²) in [7, 11) is 1.65. The minimum atomic E-state index is -0.111. The summed E-state index contributed by atoms with van der Waals surface area (Å²) in [5.41, 5.74) is 2.50. The van der Waals surface area contributed by atoms with E-state index in [-0.39, 0.29) is 5.91 Å². The van der Waals surface area contributed by atoms with Crippen LogP contribution in [0.5, 0.6) is 0 Å². The first kappa shape index (κ1) is 14.3. The molecule has 0 heterocycles. The number of rotatable bonds is 4. The molecule has 0 atom stereocenters. The summed E-state index contributed by atoms with van der Waals surface area (Å²) >= 11 is 0. The SMILES string of the molecule is COCc1ccc(C(=O)Nc2cccc3ccccc23)cc1. The van der Waals surface area contributed by atoms with Crippen LogP contribution in [0.4, 0.5) is 5.69 Å². The predicted octanol–water partition coefficient (Wildman–Crippen LogP) is 4.24. The van der Waals surface area contributed by atoms with Gasteiger partial charge in [0, 0.05) is 23.7 Å². The van der Waals surface area contributed by atoms with Gasteiger partial charge in [0.25, 0.3) is 5.91 Å². The minimum absolute atomic E-state index is 0.111. The third-order valence-electron chi connectivity index (χ3n) is 3.56. The fraction of sp³-hybridized carbons (Fsp3) is 0.105. The van der Waals surface area contributed by atoms with Gasteiger partial charge in [-0.05, 0) is 29.1 Å². The van der Waals surface area contributed by atoms with Gasteiger partial charge in [-0.1, -0.05) is 48.5 Å². The molecule has 110 valence electrons. The average molecular weight is 291 g/mol. The van der Waals surface area contributed by atoms with E-state index in [1.807, 2.05) is 66.7 Å². The van der Waals surface area contributed by atoms with Crippen LogP contribution in [-0.2, 0) is 11.3 Å². The number of ether oxygens (including phenoxy) is 1. The standard InChI is InChI=1S/C19H17NO2/c1-22-13-14-9-11-16(12-10-14)19(21)20-18-8-4-6-15-5-2-3-7-17(15)18/h2-12H,13H2,1H3,(H,20,21). The first-order chi connectivity index (χ1) is 10.8. The Morgan fingerprint density at radius 3 is 2.45 bits per heavy atom. The van der Waals surface area contributed by atoms with Gasteiger partial charge < -0.3 is 10.1 Å². The van der Waals surface area contributed by atoms with Crippen molar-refractivity contribution in [1.29, 1.82) is 0 Å². The molecule has 22 heavy (non-hydrogen) atoms. The summed E-state index contributed by atoms with van der Waals surface area (Å²) in [5.74, 6) is -0.111. The molecule has 0 unspecified atom stereocenters. The molecule has 3 nitrogen and oxygen atoms in total. The second-order valence-corrected chi connectivity index (χ2v) is 5.11. The summed E-state index contributed by atoms with van der Waals surface area (Å²) in [5, 5.41) is 5.13. The monoisotopic (exact) mass is 291 g/mol. The number of hydrogen-bond donors (Lipinski definition) is 1. The number of fused-ring (bicyclic) bond motifs is 1. The quantitative estimate of drug-likeness (QED) is 0.781. The van der Waals surface area contributed by atoms with Crippen LogP contribution < -0.4 is 5.32 Å². The lowest BCUT2D eigenvalue weighted by atomic mass is 10.1. The highest BCUT2D eigenvalue weighted by atomic mass is 16.5. The van der Waals surface area contributed by atoms with Crippen LogP contribution >= 0.6 is 0 Å². The molecule has 0 aliphatic carbocycles. The van der Waals surface area contributed by atoms with Gasteiger partial charge in [-0.15, -0.1) is 0 Å². The Morgan fingerprint density at radius 2 is 1.68 bits per heavy atom. The van der Waals surface area contributed by atoms with Crippen molar-refractivity contribution in [2.45, 2.75) is 6.61 Å². The van der Waals surface area contributed by atoms with Crippen molar-refractivity contribution in [3.63, 3.8) is 0 Å². The maximum atomic E-state index is 12.4. The number of benzene rings is 3. The molecule has 0 bridgehead atoms. The fourth-order valence-electron chi connectivity index (χ4n) is 2.45. The Balaban J connectivity index is 1.83. The van der Waals surface area contributed by atoms with Crippen molar-refractivity contribution in [3.8, 4) is 0 Å². The van der Waals surface area contributed by atoms with E-state index in [0.29, 0.717) is 12.2 Å². The molecule has 3 aromatic rings. The van der Waals surface area contributed by atoms with E-state index in [1.165, 1.54) is 0 Å². The molecule has 0 saturated carbocycles. The van der Waals surface area contributed by atoms with Gasteiger partial charge in [0.2, 0.25) is 0 Å². The zero-order valence-electron chi connectivity index (χ0n) is 12.4. The zero-order valence-corrected chi connectivity index (χ0v) is 12.4. The van der Waals surface area contributed by atoms with Gasteiger partial charge in [0.15, 0.2) is 0 Å². The van der Waals surface area contributed by atoms with Gasteiger partial charge in [-0.25, -0.2) is 0 Å². The smallest absolute Gasteiger partial charge is 0.255 e. The molecule has 1 amide bonds. The maximum absolute atomic E-state index is 12.4. The van der Waals surface area contributed by atoms with Crippen LogP contribution in [0.3, 0.4) is 0 Å². The van der Waals surface area contributed by atoms with Gasteiger partial charge in [-0.3, -0.25) is 4.79 Å². The number of methoxy groups -OCH3 is 1. The number of anilines is 1. The van der Waals surface area contributed by atoms with Crippen LogP contribution in [0.1, 0.15) is 15.9 Å². The summed E-state index contributed by atoms with van der Waals surface area (Å²) in [4.78, 5) is 12.4. The molecular formula is C19H17NO2.